The van der Waals surface area contributed by atoms with Crippen molar-refractivity contribution in [3.8, 4) is 0 Å². The molecule has 408 valence electrons. The molecule has 6 heteroatoms. The molecule has 0 aliphatic heterocycles. The number of carbonyl (C=O) groups excluding carboxylic acids is 3. The third-order valence-electron chi connectivity index (χ3n) is 12.3. The zero-order chi connectivity index (χ0) is 52.2. The minimum atomic E-state index is -0.818. The lowest BCUT2D eigenvalue weighted by Gasteiger charge is -2.18. The molecule has 0 radical (unpaired) electrons. The lowest BCUT2D eigenvalue weighted by Crippen LogP contribution is -2.30. The van der Waals surface area contributed by atoms with E-state index in [-0.39, 0.29) is 44.0 Å². The normalized spacial score (nSPS) is 13.0. The molecule has 0 saturated carbocycles. The van der Waals surface area contributed by atoms with Gasteiger partial charge in [0.25, 0.3) is 0 Å². The van der Waals surface area contributed by atoms with Gasteiger partial charge in [-0.2, -0.15) is 0 Å². The van der Waals surface area contributed by atoms with E-state index < -0.39 is 6.10 Å². The Balaban J connectivity index is 4.51. The lowest BCUT2D eigenvalue weighted by atomic mass is 10.0. The third kappa shape index (κ3) is 56.7. The molecule has 1 unspecified atom stereocenters. The Hall–Kier alpha value is -4.19. The molecule has 6 nitrogen and oxygen atoms in total. The predicted octanol–water partition coefficient (Wildman–Crippen LogP) is 20.0. The molecule has 0 aromatic heterocycles. The molecule has 1 atom stereocenters. The molecular formula is C66H108O6. The quantitative estimate of drug-likeness (QED) is 0.0199. The molecular weight excluding hydrogens is 889 g/mol. The van der Waals surface area contributed by atoms with Gasteiger partial charge in [-0.25, -0.2) is 0 Å². The van der Waals surface area contributed by atoms with Gasteiger partial charge in [-0.05, 0) is 77.0 Å². The second kappa shape index (κ2) is 59.4. The van der Waals surface area contributed by atoms with Crippen LogP contribution in [0.1, 0.15) is 258 Å². The molecule has 0 spiro atoms. The number of hydrogen-bond donors (Lipinski definition) is 0. The van der Waals surface area contributed by atoms with Gasteiger partial charge in [0, 0.05) is 19.3 Å². The molecule has 0 aliphatic rings. The van der Waals surface area contributed by atoms with E-state index in [1.807, 2.05) is 24.3 Å². The first-order valence-electron chi connectivity index (χ1n) is 29.6. The van der Waals surface area contributed by atoms with E-state index in [4.69, 9.17) is 14.2 Å². The van der Waals surface area contributed by atoms with Gasteiger partial charge in [0.05, 0.1) is 0 Å². The highest BCUT2D eigenvalue weighted by Crippen LogP contribution is 2.16. The Kier molecular flexibility index (Phi) is 55.9. The maximum atomic E-state index is 12.9. The summed E-state index contributed by atoms with van der Waals surface area (Å²) < 4.78 is 16.8. The van der Waals surface area contributed by atoms with Crippen LogP contribution in [0.15, 0.2) is 122 Å². The van der Waals surface area contributed by atoms with Crippen molar-refractivity contribution in [1.29, 1.82) is 0 Å². The Labute approximate surface area is 443 Å². The van der Waals surface area contributed by atoms with Crippen LogP contribution in [-0.4, -0.2) is 37.2 Å². The highest BCUT2D eigenvalue weighted by atomic mass is 16.6. The summed E-state index contributed by atoms with van der Waals surface area (Å²) in [5.74, 6) is -0.991. The minimum Gasteiger partial charge on any atom is -0.462 e. The minimum absolute atomic E-state index is 0.107. The molecule has 0 aromatic rings. The number of unbranched alkanes of at least 4 members (excludes halogenated alkanes) is 25. The summed E-state index contributed by atoms with van der Waals surface area (Å²) in [7, 11) is 0. The highest BCUT2D eigenvalue weighted by Gasteiger charge is 2.19. The number of allylic oxidation sites excluding steroid dienone is 20. The van der Waals surface area contributed by atoms with Crippen molar-refractivity contribution in [3.05, 3.63) is 122 Å². The van der Waals surface area contributed by atoms with E-state index in [1.165, 1.54) is 109 Å². The largest absolute Gasteiger partial charge is 0.462 e. The standard InChI is InChI=1S/C66H108O6/c1-4-7-10-13-16-19-22-25-28-31-33-36-38-41-44-47-50-53-56-59-65(68)71-62-63(61-70-64(67)58-55-52-49-46-43-40-37-34-30-27-24-21-18-15-12-9-6-3)72-66(69)60-57-54-51-48-45-42-39-35-32-29-26-23-20-17-14-11-8-5-2/h9,11-12,14,17-18,20-21,23,26-27,29-30,32,35,37,39-40,46,49,63H,4-8,10,13,15-16,19,22,24-25,28,31,33-34,36,38,41-45,47-48,50-62H2,1-3H3/b12-9-,14-11-,20-17-,21-18-,26-23-,30-27-,32-29-,39-35-,40-37-,49-46-. The summed E-state index contributed by atoms with van der Waals surface area (Å²) in [6.07, 6.45) is 81.9. The molecule has 0 fully saturated rings. The average Bonchev–Trinajstić information content (AvgIpc) is 3.38. The molecule has 0 saturated heterocycles. The number of rotatable bonds is 52. The van der Waals surface area contributed by atoms with Crippen LogP contribution in [0.5, 0.6) is 0 Å². The van der Waals surface area contributed by atoms with Gasteiger partial charge >= 0.3 is 17.9 Å². The van der Waals surface area contributed by atoms with Crippen molar-refractivity contribution < 1.29 is 28.6 Å². The van der Waals surface area contributed by atoms with Crippen LogP contribution in [-0.2, 0) is 28.6 Å². The molecule has 0 heterocycles. The maximum Gasteiger partial charge on any atom is 0.306 e. The number of hydrogen-bond acceptors (Lipinski definition) is 6. The van der Waals surface area contributed by atoms with E-state index in [9.17, 15) is 14.4 Å². The fourth-order valence-electron chi connectivity index (χ4n) is 7.92. The molecule has 0 bridgehead atoms. The second-order valence-electron chi connectivity index (χ2n) is 19.3. The van der Waals surface area contributed by atoms with Crippen LogP contribution in [0, 0.1) is 0 Å². The van der Waals surface area contributed by atoms with Gasteiger partial charge in [0.15, 0.2) is 6.10 Å². The van der Waals surface area contributed by atoms with Crippen LogP contribution in [0.25, 0.3) is 0 Å². The monoisotopic (exact) mass is 997 g/mol. The first-order chi connectivity index (χ1) is 35.5. The third-order valence-corrected chi connectivity index (χ3v) is 12.3. The van der Waals surface area contributed by atoms with E-state index in [2.05, 4.69) is 118 Å². The van der Waals surface area contributed by atoms with E-state index in [0.717, 1.165) is 103 Å². The Morgan fingerprint density at radius 1 is 0.306 bits per heavy atom. The fraction of sp³-hybridized carbons (Fsp3) is 0.652. The number of ether oxygens (including phenoxy) is 3. The van der Waals surface area contributed by atoms with Gasteiger partial charge in [-0.15, -0.1) is 0 Å². The average molecular weight is 998 g/mol. The van der Waals surface area contributed by atoms with Crippen LogP contribution in [0.2, 0.25) is 0 Å². The highest BCUT2D eigenvalue weighted by molar-refractivity contribution is 5.71. The Morgan fingerprint density at radius 2 is 0.639 bits per heavy atom. The first kappa shape index (κ1) is 67.8. The smallest absolute Gasteiger partial charge is 0.306 e. The Bertz CT molecular complexity index is 1520. The summed E-state index contributed by atoms with van der Waals surface area (Å²) in [5, 5.41) is 0. The SMILES string of the molecule is CC/C=C\C/C=C\C/C=C\C/C=C\C/C=C\CCCC(=O)OCC(COC(=O)CCCCCCCCCCCCCCCCCCCCC)OC(=O)CCCCCCC\C=C/C=C\C=C/C=C\C=C/CCC. The van der Waals surface area contributed by atoms with Gasteiger partial charge in [-0.3, -0.25) is 14.4 Å². The van der Waals surface area contributed by atoms with Crippen LogP contribution < -0.4 is 0 Å². The zero-order valence-electron chi connectivity index (χ0n) is 46.7. The van der Waals surface area contributed by atoms with E-state index in [1.54, 1.807) is 0 Å². The fourth-order valence-corrected chi connectivity index (χ4v) is 7.92. The predicted molar refractivity (Wildman–Crippen MR) is 311 cm³/mol. The van der Waals surface area contributed by atoms with Crippen molar-refractivity contribution in [2.24, 2.45) is 0 Å². The lowest BCUT2D eigenvalue weighted by molar-refractivity contribution is -0.167. The van der Waals surface area contributed by atoms with Crippen molar-refractivity contribution in [2.75, 3.05) is 13.2 Å². The van der Waals surface area contributed by atoms with Crippen molar-refractivity contribution >= 4 is 17.9 Å². The molecule has 0 aromatic carbocycles. The van der Waals surface area contributed by atoms with Crippen LogP contribution in [0.4, 0.5) is 0 Å². The van der Waals surface area contributed by atoms with Crippen molar-refractivity contribution in [2.45, 2.75) is 264 Å². The van der Waals surface area contributed by atoms with Crippen molar-refractivity contribution in [1.82, 2.24) is 0 Å². The topological polar surface area (TPSA) is 78.9 Å². The summed E-state index contributed by atoms with van der Waals surface area (Å²) in [4.78, 5) is 38.2. The van der Waals surface area contributed by atoms with E-state index >= 15 is 0 Å². The molecule has 0 amide bonds. The molecule has 0 aliphatic carbocycles. The van der Waals surface area contributed by atoms with Gasteiger partial charge < -0.3 is 14.2 Å². The van der Waals surface area contributed by atoms with Gasteiger partial charge in [-0.1, -0.05) is 284 Å². The summed E-state index contributed by atoms with van der Waals surface area (Å²) in [5.41, 5.74) is 0. The summed E-state index contributed by atoms with van der Waals surface area (Å²) in [6, 6.07) is 0. The van der Waals surface area contributed by atoms with Crippen LogP contribution >= 0.6 is 0 Å². The van der Waals surface area contributed by atoms with E-state index in [0.29, 0.717) is 12.8 Å². The zero-order valence-corrected chi connectivity index (χ0v) is 46.7. The first-order valence-corrected chi connectivity index (χ1v) is 29.6. The van der Waals surface area contributed by atoms with Crippen molar-refractivity contribution in [3.63, 3.8) is 0 Å². The molecule has 0 rings (SSSR count). The molecule has 0 N–H and O–H groups in total. The second-order valence-corrected chi connectivity index (χ2v) is 19.3. The number of esters is 3. The summed E-state index contributed by atoms with van der Waals surface area (Å²) >= 11 is 0. The number of carbonyl (C=O) groups is 3. The van der Waals surface area contributed by atoms with Crippen LogP contribution in [0.3, 0.4) is 0 Å². The Morgan fingerprint density at radius 3 is 1.07 bits per heavy atom. The maximum absolute atomic E-state index is 12.9. The van der Waals surface area contributed by atoms with Gasteiger partial charge in [0.2, 0.25) is 0 Å². The van der Waals surface area contributed by atoms with Gasteiger partial charge in [0.1, 0.15) is 13.2 Å². The summed E-state index contributed by atoms with van der Waals surface area (Å²) in [6.45, 7) is 6.38. The molecule has 72 heavy (non-hydrogen) atoms.